The van der Waals surface area contributed by atoms with Gasteiger partial charge in [0.25, 0.3) is 0 Å². The molecule has 6 nitrogen and oxygen atoms in total. The van der Waals surface area contributed by atoms with Crippen molar-refractivity contribution in [2.45, 2.75) is 18.2 Å². The van der Waals surface area contributed by atoms with E-state index in [0.717, 1.165) is 0 Å². The lowest BCUT2D eigenvalue weighted by Gasteiger charge is -2.05. The number of hydrogen-bond acceptors (Lipinski definition) is 4. The van der Waals surface area contributed by atoms with Crippen molar-refractivity contribution in [3.8, 4) is 0 Å². The van der Waals surface area contributed by atoms with Gasteiger partial charge >= 0.3 is 5.97 Å². The summed E-state index contributed by atoms with van der Waals surface area (Å²) in [5, 5.41) is 11.0. The van der Waals surface area contributed by atoms with Crippen molar-refractivity contribution in [3.63, 3.8) is 0 Å². The third-order valence-electron chi connectivity index (χ3n) is 2.33. The quantitative estimate of drug-likeness (QED) is 0.779. The average Bonchev–Trinajstić information content (AvgIpc) is 2.28. The molecule has 0 aliphatic rings. The van der Waals surface area contributed by atoms with Gasteiger partial charge in [0.2, 0.25) is 5.91 Å². The Labute approximate surface area is 111 Å². The molecule has 0 heterocycles. The van der Waals surface area contributed by atoms with Gasteiger partial charge < -0.3 is 10.4 Å². The minimum absolute atomic E-state index is 0.00731. The Morgan fingerprint density at radius 1 is 1.21 bits per heavy atom. The third-order valence-corrected chi connectivity index (χ3v) is 3.97. The fourth-order valence-electron chi connectivity index (χ4n) is 1.49. The van der Waals surface area contributed by atoms with Crippen LogP contribution >= 0.6 is 0 Å². The number of aliphatic carboxylic acids is 1. The Balaban J connectivity index is 2.84. The molecule has 0 aliphatic carbocycles. The van der Waals surface area contributed by atoms with Gasteiger partial charge in [0.1, 0.15) is 5.75 Å². The molecule has 0 saturated carbocycles. The molecule has 0 spiro atoms. The number of benzene rings is 1. The summed E-state index contributed by atoms with van der Waals surface area (Å²) in [5.41, 5.74) is 0.504. The molecule has 1 rings (SSSR count). The molecule has 0 aromatic heterocycles. The molecule has 0 aliphatic heterocycles. The molecule has 7 heteroatoms. The first-order valence-electron chi connectivity index (χ1n) is 5.65. The Morgan fingerprint density at radius 2 is 1.79 bits per heavy atom. The van der Waals surface area contributed by atoms with Crippen LogP contribution in [-0.2, 0) is 25.8 Å². The van der Waals surface area contributed by atoms with Crippen LogP contribution in [0.2, 0.25) is 0 Å². The highest BCUT2D eigenvalue weighted by molar-refractivity contribution is 7.92. The van der Waals surface area contributed by atoms with Crippen LogP contribution in [0.3, 0.4) is 0 Å². The highest BCUT2D eigenvalue weighted by Crippen LogP contribution is 2.13. The van der Waals surface area contributed by atoms with Crippen LogP contribution in [0.5, 0.6) is 0 Å². The minimum Gasteiger partial charge on any atom is -0.481 e. The van der Waals surface area contributed by atoms with E-state index in [-0.39, 0.29) is 11.3 Å². The van der Waals surface area contributed by atoms with Gasteiger partial charge in [-0.3, -0.25) is 9.59 Å². The summed E-state index contributed by atoms with van der Waals surface area (Å²) in [6.07, 6.45) is -0.170. The van der Waals surface area contributed by atoms with Crippen molar-refractivity contribution in [1.29, 1.82) is 0 Å². The lowest BCUT2D eigenvalue weighted by molar-refractivity contribution is -0.136. The van der Waals surface area contributed by atoms with Gasteiger partial charge in [-0.25, -0.2) is 8.42 Å². The highest BCUT2D eigenvalue weighted by atomic mass is 32.2. The van der Waals surface area contributed by atoms with E-state index in [1.807, 2.05) is 0 Å². The maximum atomic E-state index is 11.9. The van der Waals surface area contributed by atoms with E-state index in [9.17, 15) is 18.0 Å². The van der Waals surface area contributed by atoms with Gasteiger partial charge in [-0.2, -0.15) is 0 Å². The molecule has 1 aromatic carbocycles. The summed E-state index contributed by atoms with van der Waals surface area (Å²) < 4.78 is 23.7. The monoisotopic (exact) mass is 285 g/mol. The average molecular weight is 285 g/mol. The van der Waals surface area contributed by atoms with Crippen LogP contribution in [0.15, 0.2) is 29.2 Å². The maximum absolute atomic E-state index is 11.9. The standard InChI is InChI=1S/C12H15NO5S/c1-2-13-11(14)8-19(17,18)10-5-3-9(4-6-10)7-12(15)16/h3-6H,2,7-8H2,1H3,(H,13,14)(H,15,16). The summed E-state index contributed by atoms with van der Waals surface area (Å²) in [5.74, 6) is -2.16. The van der Waals surface area contributed by atoms with E-state index in [2.05, 4.69) is 5.32 Å². The zero-order valence-electron chi connectivity index (χ0n) is 10.4. The Morgan fingerprint density at radius 3 is 2.26 bits per heavy atom. The lowest BCUT2D eigenvalue weighted by Crippen LogP contribution is -2.30. The minimum atomic E-state index is -3.69. The zero-order valence-corrected chi connectivity index (χ0v) is 11.2. The molecule has 1 aromatic rings. The van der Waals surface area contributed by atoms with E-state index < -0.39 is 27.5 Å². The lowest BCUT2D eigenvalue weighted by atomic mass is 10.2. The number of carboxylic acids is 1. The zero-order chi connectivity index (χ0) is 14.5. The molecule has 0 radical (unpaired) electrons. The van der Waals surface area contributed by atoms with Crippen LogP contribution in [0.4, 0.5) is 0 Å². The second-order valence-electron chi connectivity index (χ2n) is 3.93. The summed E-state index contributed by atoms with van der Waals surface area (Å²) in [7, 11) is -3.69. The Bertz CT molecular complexity index is 562. The predicted octanol–water partition coefficient (Wildman–Crippen LogP) is 0.223. The molecule has 0 atom stereocenters. The number of nitrogens with one attached hydrogen (secondary N) is 1. The molecular weight excluding hydrogens is 270 g/mol. The number of carbonyl (C=O) groups excluding carboxylic acids is 1. The molecule has 0 saturated heterocycles. The molecular formula is C12H15NO5S. The van der Waals surface area contributed by atoms with E-state index in [1.54, 1.807) is 6.92 Å². The number of carbonyl (C=O) groups is 2. The topological polar surface area (TPSA) is 101 Å². The van der Waals surface area contributed by atoms with Gasteiger partial charge in [0, 0.05) is 6.54 Å². The van der Waals surface area contributed by atoms with E-state index in [0.29, 0.717) is 12.1 Å². The molecule has 2 N–H and O–H groups in total. The summed E-state index contributed by atoms with van der Waals surface area (Å²) in [4.78, 5) is 21.8. The van der Waals surface area contributed by atoms with Crippen molar-refractivity contribution in [2.24, 2.45) is 0 Å². The van der Waals surface area contributed by atoms with Crippen molar-refractivity contribution in [2.75, 3.05) is 12.3 Å². The van der Waals surface area contributed by atoms with Crippen LogP contribution in [0.25, 0.3) is 0 Å². The first kappa shape index (κ1) is 15.2. The third kappa shape index (κ3) is 4.70. The second kappa shape index (κ2) is 6.33. The molecule has 19 heavy (non-hydrogen) atoms. The fraction of sp³-hybridized carbons (Fsp3) is 0.333. The van der Waals surface area contributed by atoms with E-state index >= 15 is 0 Å². The Kier molecular flexibility index (Phi) is 5.05. The summed E-state index contributed by atoms with van der Waals surface area (Å²) in [6.45, 7) is 2.07. The van der Waals surface area contributed by atoms with Crippen molar-refractivity contribution in [3.05, 3.63) is 29.8 Å². The first-order valence-corrected chi connectivity index (χ1v) is 7.30. The maximum Gasteiger partial charge on any atom is 0.307 e. The fourth-order valence-corrected chi connectivity index (χ4v) is 2.66. The van der Waals surface area contributed by atoms with Gasteiger partial charge in [-0.15, -0.1) is 0 Å². The number of amides is 1. The smallest absolute Gasteiger partial charge is 0.307 e. The van der Waals surface area contributed by atoms with Gasteiger partial charge in [-0.1, -0.05) is 12.1 Å². The molecule has 104 valence electrons. The van der Waals surface area contributed by atoms with Crippen molar-refractivity contribution < 1.29 is 23.1 Å². The van der Waals surface area contributed by atoms with Gasteiger partial charge in [-0.05, 0) is 24.6 Å². The molecule has 0 bridgehead atoms. The van der Waals surface area contributed by atoms with Crippen molar-refractivity contribution >= 4 is 21.7 Å². The van der Waals surface area contributed by atoms with Crippen LogP contribution in [-0.4, -0.2) is 37.7 Å². The second-order valence-corrected chi connectivity index (χ2v) is 5.92. The van der Waals surface area contributed by atoms with Crippen LogP contribution in [0.1, 0.15) is 12.5 Å². The summed E-state index contributed by atoms with van der Waals surface area (Å²) >= 11 is 0. The number of carboxylic acid groups (broad SMARTS) is 1. The van der Waals surface area contributed by atoms with Gasteiger partial charge in [0.15, 0.2) is 9.84 Å². The number of rotatable bonds is 6. The van der Waals surface area contributed by atoms with Crippen LogP contribution in [0, 0.1) is 0 Å². The summed E-state index contributed by atoms with van der Waals surface area (Å²) in [6, 6.07) is 5.48. The van der Waals surface area contributed by atoms with Crippen LogP contribution < -0.4 is 5.32 Å². The van der Waals surface area contributed by atoms with Crippen molar-refractivity contribution in [1.82, 2.24) is 5.32 Å². The van der Waals surface area contributed by atoms with E-state index in [1.165, 1.54) is 24.3 Å². The number of sulfone groups is 1. The Hall–Kier alpha value is -1.89. The largest absolute Gasteiger partial charge is 0.481 e. The molecule has 0 fully saturated rings. The normalized spacial score (nSPS) is 11.0. The highest BCUT2D eigenvalue weighted by Gasteiger charge is 2.18. The molecule has 0 unspecified atom stereocenters. The number of hydrogen-bond donors (Lipinski definition) is 2. The van der Waals surface area contributed by atoms with E-state index in [4.69, 9.17) is 5.11 Å². The van der Waals surface area contributed by atoms with Gasteiger partial charge in [0.05, 0.1) is 11.3 Å². The SMILES string of the molecule is CCNC(=O)CS(=O)(=O)c1ccc(CC(=O)O)cc1. The predicted molar refractivity (Wildman–Crippen MR) is 68.5 cm³/mol. The first-order chi connectivity index (χ1) is 8.85. The molecule has 1 amide bonds.